The summed E-state index contributed by atoms with van der Waals surface area (Å²) in [5.41, 5.74) is 1.92. The zero-order valence-corrected chi connectivity index (χ0v) is 23.7. The summed E-state index contributed by atoms with van der Waals surface area (Å²) in [5, 5.41) is 19.9. The summed E-state index contributed by atoms with van der Waals surface area (Å²) in [7, 11) is 1.89. The average molecular weight is 629 g/mol. The Balaban J connectivity index is 0.000000470. The number of carboxylic acid groups (broad SMARTS) is 1. The number of carbonyl (C=O) groups is 1. The van der Waals surface area contributed by atoms with Gasteiger partial charge in [-0.3, -0.25) is 9.58 Å². The van der Waals surface area contributed by atoms with Gasteiger partial charge < -0.3 is 20.1 Å². The lowest BCUT2D eigenvalue weighted by Gasteiger charge is -2.37. The number of aliphatic carboxylic acids is 1. The summed E-state index contributed by atoms with van der Waals surface area (Å²) in [6, 6.07) is 6.19. The van der Waals surface area contributed by atoms with E-state index in [9.17, 15) is 13.2 Å². The van der Waals surface area contributed by atoms with Crippen LogP contribution in [0.3, 0.4) is 0 Å². The van der Waals surface area contributed by atoms with Crippen LogP contribution in [0.15, 0.2) is 28.9 Å². The standard InChI is InChI=1S/C23H31BrN8O.C2HF3O2/c1-30-16-19(28-29-30)6-7-25-22-20-13-18(24)4-5-21(20)26-23(27-22)32-8-2-3-17(15-32)14-31-9-11-33-12-10-31;3-2(4,5)1(6)7/h4-5,13,16-17H,2-3,6-12,14-15H2,1H3,(H,25,26,27);(H,6,7). The molecular weight excluding hydrogens is 597 g/mol. The van der Waals surface area contributed by atoms with Crippen molar-refractivity contribution in [2.75, 3.05) is 62.7 Å². The van der Waals surface area contributed by atoms with Crippen LogP contribution < -0.4 is 10.2 Å². The summed E-state index contributed by atoms with van der Waals surface area (Å²) >= 11 is 3.60. The van der Waals surface area contributed by atoms with Crippen LogP contribution in [0.5, 0.6) is 0 Å². The number of anilines is 2. The van der Waals surface area contributed by atoms with Gasteiger partial charge in [-0.05, 0) is 37.0 Å². The maximum atomic E-state index is 10.6. The molecule has 0 radical (unpaired) electrons. The first-order chi connectivity index (χ1) is 19.1. The molecule has 2 aliphatic heterocycles. The molecule has 2 fully saturated rings. The molecule has 1 aromatic carbocycles. The maximum absolute atomic E-state index is 10.6. The second-order valence-corrected chi connectivity index (χ2v) is 10.7. The fraction of sp³-hybridized carbons (Fsp3) is 0.560. The number of rotatable bonds is 7. The van der Waals surface area contributed by atoms with Crippen LogP contribution >= 0.6 is 15.9 Å². The van der Waals surface area contributed by atoms with Crippen LogP contribution in [0.1, 0.15) is 18.5 Å². The first-order valence-electron chi connectivity index (χ1n) is 13.0. The third-order valence-corrected chi connectivity index (χ3v) is 7.13. The highest BCUT2D eigenvalue weighted by Crippen LogP contribution is 2.29. The molecule has 2 saturated heterocycles. The summed E-state index contributed by atoms with van der Waals surface area (Å²) in [6.07, 6.45) is 0.0852. The number of aryl methyl sites for hydroxylation is 1. The van der Waals surface area contributed by atoms with Crippen LogP contribution in [0.4, 0.5) is 24.9 Å². The lowest BCUT2D eigenvalue weighted by Crippen LogP contribution is -2.45. The van der Waals surface area contributed by atoms with Crippen LogP contribution in [-0.4, -0.2) is 99.6 Å². The van der Waals surface area contributed by atoms with Gasteiger partial charge in [0.1, 0.15) is 5.82 Å². The first-order valence-corrected chi connectivity index (χ1v) is 13.8. The van der Waals surface area contributed by atoms with Crippen molar-refractivity contribution in [2.24, 2.45) is 13.0 Å². The maximum Gasteiger partial charge on any atom is 0.490 e. The minimum atomic E-state index is -5.08. The number of nitrogens with zero attached hydrogens (tertiary/aromatic N) is 7. The minimum absolute atomic E-state index is 0.633. The second kappa shape index (κ2) is 13.5. The number of benzene rings is 1. The van der Waals surface area contributed by atoms with Gasteiger partial charge in [0.2, 0.25) is 5.95 Å². The van der Waals surface area contributed by atoms with E-state index < -0.39 is 12.1 Å². The Bertz CT molecular complexity index is 1290. The van der Waals surface area contributed by atoms with Gasteiger partial charge in [0.15, 0.2) is 0 Å². The molecule has 0 amide bonds. The van der Waals surface area contributed by atoms with E-state index >= 15 is 0 Å². The van der Waals surface area contributed by atoms with Gasteiger partial charge in [-0.25, -0.2) is 9.78 Å². The molecule has 2 aromatic heterocycles. The largest absolute Gasteiger partial charge is 0.490 e. The third kappa shape index (κ3) is 8.48. The van der Waals surface area contributed by atoms with E-state index in [1.54, 1.807) is 4.68 Å². The number of halogens is 4. The molecule has 1 atom stereocenters. The average Bonchev–Trinajstić information content (AvgIpc) is 3.34. The molecule has 0 bridgehead atoms. The molecule has 15 heteroatoms. The fourth-order valence-corrected chi connectivity index (χ4v) is 5.09. The Morgan fingerprint density at radius 1 is 1.23 bits per heavy atom. The number of hydrogen-bond acceptors (Lipinski definition) is 9. The zero-order valence-electron chi connectivity index (χ0n) is 22.1. The molecule has 0 spiro atoms. The normalized spacial score (nSPS) is 18.3. The number of nitrogens with one attached hydrogen (secondary N) is 1. The predicted octanol–water partition coefficient (Wildman–Crippen LogP) is 3.36. The first kappa shape index (κ1) is 29.9. The van der Waals surface area contributed by atoms with E-state index in [0.717, 1.165) is 91.7 Å². The molecule has 218 valence electrons. The Morgan fingerprint density at radius 2 is 1.98 bits per heavy atom. The SMILES string of the molecule is Cn1cc(CCNc2nc(N3CCCC(CN4CCOCC4)C3)nc3ccc(Br)cc23)nn1.O=C(O)C(F)(F)F. The molecule has 1 unspecified atom stereocenters. The summed E-state index contributed by atoms with van der Waals surface area (Å²) in [6.45, 7) is 7.64. The summed E-state index contributed by atoms with van der Waals surface area (Å²) in [5.74, 6) is -0.435. The van der Waals surface area contributed by atoms with Gasteiger partial charge in [0.25, 0.3) is 0 Å². The van der Waals surface area contributed by atoms with Gasteiger partial charge in [-0.2, -0.15) is 18.2 Å². The number of fused-ring (bicyclic) bond motifs is 1. The molecule has 11 nitrogen and oxygen atoms in total. The molecule has 2 aliphatic rings. The summed E-state index contributed by atoms with van der Waals surface area (Å²) in [4.78, 5) is 23.7. The number of aromatic nitrogens is 5. The Labute approximate surface area is 237 Å². The number of morpholine rings is 1. The van der Waals surface area contributed by atoms with Crippen LogP contribution in [0.2, 0.25) is 0 Å². The van der Waals surface area contributed by atoms with Crippen molar-refractivity contribution >= 4 is 44.6 Å². The highest BCUT2D eigenvalue weighted by atomic mass is 79.9. The quantitative estimate of drug-likeness (QED) is 0.403. The number of hydrogen-bond donors (Lipinski definition) is 2. The highest BCUT2D eigenvalue weighted by Gasteiger charge is 2.38. The van der Waals surface area contributed by atoms with E-state index in [1.807, 2.05) is 19.3 Å². The van der Waals surface area contributed by atoms with Crippen molar-refractivity contribution in [3.8, 4) is 0 Å². The second-order valence-electron chi connectivity index (χ2n) is 9.76. The van der Waals surface area contributed by atoms with Crippen molar-refractivity contribution in [2.45, 2.75) is 25.4 Å². The highest BCUT2D eigenvalue weighted by molar-refractivity contribution is 9.10. The molecule has 5 rings (SSSR count). The van der Waals surface area contributed by atoms with Crippen LogP contribution in [0, 0.1) is 5.92 Å². The van der Waals surface area contributed by atoms with Gasteiger partial charge in [0, 0.05) is 68.8 Å². The van der Waals surface area contributed by atoms with E-state index in [1.165, 1.54) is 12.8 Å². The van der Waals surface area contributed by atoms with E-state index in [-0.39, 0.29) is 0 Å². The Hall–Kier alpha value is -3.04. The van der Waals surface area contributed by atoms with E-state index in [0.29, 0.717) is 5.92 Å². The molecule has 2 N–H and O–H groups in total. The van der Waals surface area contributed by atoms with E-state index in [2.05, 4.69) is 53.5 Å². The Kier molecular flexibility index (Phi) is 10.1. The molecule has 4 heterocycles. The molecular formula is C25H32BrF3N8O3. The van der Waals surface area contributed by atoms with Gasteiger partial charge in [0.05, 0.1) is 24.4 Å². The molecule has 40 heavy (non-hydrogen) atoms. The minimum Gasteiger partial charge on any atom is -0.475 e. The molecule has 0 saturated carbocycles. The summed E-state index contributed by atoms with van der Waals surface area (Å²) < 4.78 is 40.0. The van der Waals surface area contributed by atoms with Crippen LogP contribution in [-0.2, 0) is 23.0 Å². The van der Waals surface area contributed by atoms with Crippen LogP contribution in [0.25, 0.3) is 10.9 Å². The lowest BCUT2D eigenvalue weighted by atomic mass is 9.97. The smallest absolute Gasteiger partial charge is 0.475 e. The fourth-order valence-electron chi connectivity index (χ4n) is 4.73. The van der Waals surface area contributed by atoms with Crippen molar-refractivity contribution in [3.63, 3.8) is 0 Å². The van der Waals surface area contributed by atoms with Crippen molar-refractivity contribution in [1.29, 1.82) is 0 Å². The molecule has 0 aliphatic carbocycles. The van der Waals surface area contributed by atoms with Crippen molar-refractivity contribution < 1.29 is 27.8 Å². The van der Waals surface area contributed by atoms with Crippen molar-refractivity contribution in [1.82, 2.24) is 29.9 Å². The number of piperidine rings is 1. The zero-order chi connectivity index (χ0) is 28.7. The van der Waals surface area contributed by atoms with Gasteiger partial charge in [-0.1, -0.05) is 21.1 Å². The third-order valence-electron chi connectivity index (χ3n) is 6.63. The number of alkyl halides is 3. The predicted molar refractivity (Wildman–Crippen MR) is 146 cm³/mol. The molecule has 3 aromatic rings. The lowest BCUT2D eigenvalue weighted by molar-refractivity contribution is -0.192. The number of carboxylic acids is 1. The van der Waals surface area contributed by atoms with Gasteiger partial charge >= 0.3 is 12.1 Å². The van der Waals surface area contributed by atoms with Gasteiger partial charge in [-0.15, -0.1) is 5.10 Å². The van der Waals surface area contributed by atoms with Crippen molar-refractivity contribution in [3.05, 3.63) is 34.6 Å². The Morgan fingerprint density at radius 3 is 2.65 bits per heavy atom. The number of ether oxygens (including phenoxy) is 1. The van der Waals surface area contributed by atoms with E-state index in [4.69, 9.17) is 24.6 Å². The monoisotopic (exact) mass is 628 g/mol. The topological polar surface area (TPSA) is 122 Å².